The van der Waals surface area contributed by atoms with Crippen molar-refractivity contribution in [3.63, 3.8) is 0 Å². The van der Waals surface area contributed by atoms with E-state index in [-0.39, 0.29) is 30.6 Å². The van der Waals surface area contributed by atoms with Gasteiger partial charge in [-0.15, -0.1) is 11.8 Å². The van der Waals surface area contributed by atoms with Crippen molar-refractivity contribution in [3.05, 3.63) is 53.6 Å². The molecule has 1 aliphatic rings. The molecule has 1 heterocycles. The lowest BCUT2D eigenvalue weighted by molar-refractivity contribution is -0.121. The lowest BCUT2D eigenvalue weighted by Crippen LogP contribution is -2.27. The molecule has 6 heteroatoms. The Morgan fingerprint density at radius 1 is 1.04 bits per heavy atom. The molecule has 0 spiro atoms. The van der Waals surface area contributed by atoms with Crippen molar-refractivity contribution in [1.82, 2.24) is 5.32 Å². The molecular weight excluding hydrogens is 362 g/mol. The summed E-state index contributed by atoms with van der Waals surface area (Å²) < 4.78 is 11.1. The van der Waals surface area contributed by atoms with Crippen molar-refractivity contribution in [3.8, 4) is 11.5 Å². The topological polar surface area (TPSA) is 64.6 Å². The molecule has 1 aliphatic heterocycles. The van der Waals surface area contributed by atoms with Crippen molar-refractivity contribution in [2.75, 3.05) is 19.5 Å². The van der Waals surface area contributed by atoms with Crippen molar-refractivity contribution in [2.45, 2.75) is 30.7 Å². The molecule has 27 heavy (non-hydrogen) atoms. The third-order valence-electron chi connectivity index (χ3n) is 4.43. The maximum atomic E-state index is 12.2. The number of benzene rings is 2. The molecule has 0 radical (unpaired) electrons. The minimum absolute atomic E-state index is 0.0233. The molecular formula is C21H23NO4S. The van der Waals surface area contributed by atoms with Crippen LogP contribution in [-0.2, 0) is 4.79 Å². The minimum Gasteiger partial charge on any atom is -0.486 e. The van der Waals surface area contributed by atoms with Gasteiger partial charge < -0.3 is 14.8 Å². The Labute approximate surface area is 163 Å². The first-order chi connectivity index (χ1) is 13.1. The highest BCUT2D eigenvalue weighted by molar-refractivity contribution is 7.98. The number of ether oxygens (including phenoxy) is 2. The molecule has 0 aromatic heterocycles. The molecule has 0 unspecified atom stereocenters. The van der Waals surface area contributed by atoms with E-state index in [9.17, 15) is 9.59 Å². The van der Waals surface area contributed by atoms with Crippen LogP contribution in [0, 0.1) is 0 Å². The Morgan fingerprint density at radius 3 is 2.44 bits per heavy atom. The number of thioether (sulfide) groups is 1. The zero-order valence-electron chi connectivity index (χ0n) is 15.5. The first-order valence-electron chi connectivity index (χ1n) is 8.93. The van der Waals surface area contributed by atoms with E-state index in [0.717, 1.165) is 16.2 Å². The first-order valence-corrected chi connectivity index (χ1v) is 10.2. The third kappa shape index (κ3) is 5.04. The highest BCUT2D eigenvalue weighted by Gasteiger charge is 2.16. The van der Waals surface area contributed by atoms with Crippen molar-refractivity contribution < 1.29 is 19.1 Å². The summed E-state index contributed by atoms with van der Waals surface area (Å²) in [6, 6.07) is 12.9. The summed E-state index contributed by atoms with van der Waals surface area (Å²) in [5.41, 5.74) is 1.58. The number of nitrogens with one attached hydrogen (secondary N) is 1. The largest absolute Gasteiger partial charge is 0.486 e. The van der Waals surface area contributed by atoms with E-state index in [2.05, 4.69) is 5.32 Å². The van der Waals surface area contributed by atoms with Gasteiger partial charge in [-0.1, -0.05) is 18.2 Å². The van der Waals surface area contributed by atoms with Gasteiger partial charge in [-0.2, -0.15) is 0 Å². The van der Waals surface area contributed by atoms with Gasteiger partial charge in [-0.3, -0.25) is 9.59 Å². The number of hydrogen-bond acceptors (Lipinski definition) is 5. The predicted octanol–water partition coefficient (Wildman–Crippen LogP) is 4.02. The molecule has 142 valence electrons. The Kier molecular flexibility index (Phi) is 6.40. The molecule has 0 bridgehead atoms. The quantitative estimate of drug-likeness (QED) is 0.576. The lowest BCUT2D eigenvalue weighted by atomic mass is 10.1. The van der Waals surface area contributed by atoms with Crippen molar-refractivity contribution in [2.24, 2.45) is 0 Å². The summed E-state index contributed by atoms with van der Waals surface area (Å²) in [7, 11) is 0. The summed E-state index contributed by atoms with van der Waals surface area (Å²) in [5, 5.41) is 2.94. The minimum atomic E-state index is -0.177. The maximum absolute atomic E-state index is 12.2. The van der Waals surface area contributed by atoms with Gasteiger partial charge in [0.15, 0.2) is 17.3 Å². The SMILES string of the molecule is CSc1ccc(C(=O)CCC(=O)N[C@H](C)c2ccc3c(c2)OCCO3)cc1. The molecule has 0 fully saturated rings. The third-order valence-corrected chi connectivity index (χ3v) is 5.18. The average Bonchev–Trinajstić information content (AvgIpc) is 2.71. The Morgan fingerprint density at radius 2 is 1.74 bits per heavy atom. The fraction of sp³-hybridized carbons (Fsp3) is 0.333. The highest BCUT2D eigenvalue weighted by atomic mass is 32.2. The highest BCUT2D eigenvalue weighted by Crippen LogP contribution is 2.32. The predicted molar refractivity (Wildman–Crippen MR) is 106 cm³/mol. The van der Waals surface area contributed by atoms with Gasteiger partial charge >= 0.3 is 0 Å². The molecule has 2 aromatic rings. The number of fused-ring (bicyclic) bond motifs is 1. The fourth-order valence-electron chi connectivity index (χ4n) is 2.87. The van der Waals surface area contributed by atoms with Crippen LogP contribution in [0.5, 0.6) is 11.5 Å². The van der Waals surface area contributed by atoms with Crippen molar-refractivity contribution in [1.29, 1.82) is 0 Å². The second kappa shape index (κ2) is 8.95. The fourth-order valence-corrected chi connectivity index (χ4v) is 3.28. The normalized spacial score (nSPS) is 13.7. The molecule has 0 aliphatic carbocycles. The van der Waals surface area contributed by atoms with Crippen LogP contribution in [0.4, 0.5) is 0 Å². The van der Waals surface area contributed by atoms with Crippen LogP contribution < -0.4 is 14.8 Å². The summed E-state index contributed by atoms with van der Waals surface area (Å²) in [6.07, 6.45) is 2.35. The molecule has 0 saturated carbocycles. The van der Waals surface area contributed by atoms with E-state index in [1.165, 1.54) is 0 Å². The van der Waals surface area contributed by atoms with Gasteiger partial charge in [0, 0.05) is 23.3 Å². The number of carbonyl (C=O) groups is 2. The Bertz CT molecular complexity index is 819. The summed E-state index contributed by atoms with van der Waals surface area (Å²) in [4.78, 5) is 25.6. The van der Waals surface area contributed by atoms with Crippen molar-refractivity contribution >= 4 is 23.5 Å². The number of amides is 1. The van der Waals surface area contributed by atoms with Gasteiger partial charge in [0.05, 0.1) is 6.04 Å². The van der Waals surface area contributed by atoms with Crippen LogP contribution in [0.1, 0.15) is 41.7 Å². The van der Waals surface area contributed by atoms with Gasteiger partial charge in [-0.25, -0.2) is 0 Å². The zero-order chi connectivity index (χ0) is 19.2. The standard InChI is InChI=1S/C21H23NO4S/c1-14(16-5-9-19-20(13-16)26-12-11-25-19)22-21(24)10-8-18(23)15-3-6-17(27-2)7-4-15/h3-7,9,13-14H,8,10-12H2,1-2H3,(H,22,24)/t14-/m1/s1. The molecule has 1 N–H and O–H groups in total. The monoisotopic (exact) mass is 385 g/mol. The number of Topliss-reactive ketones (excluding diaryl/α,β-unsaturated/α-hetero) is 1. The maximum Gasteiger partial charge on any atom is 0.220 e. The number of ketones is 1. The summed E-state index contributed by atoms with van der Waals surface area (Å²) >= 11 is 1.63. The molecule has 0 saturated heterocycles. The number of rotatable bonds is 7. The molecule has 1 amide bonds. The lowest BCUT2D eigenvalue weighted by Gasteiger charge is -2.21. The van der Waals surface area contributed by atoms with Gasteiger partial charge in [-0.05, 0) is 43.0 Å². The Balaban J connectivity index is 1.51. The van der Waals surface area contributed by atoms with Crippen LogP contribution in [0.3, 0.4) is 0 Å². The number of hydrogen-bond donors (Lipinski definition) is 1. The first kappa shape index (κ1) is 19.3. The summed E-state index contributed by atoms with van der Waals surface area (Å²) in [6.45, 7) is 2.98. The smallest absolute Gasteiger partial charge is 0.220 e. The van der Waals surface area contributed by atoms with Gasteiger partial charge in [0.1, 0.15) is 13.2 Å². The van der Waals surface area contributed by atoms with Crippen LogP contribution in [0.15, 0.2) is 47.4 Å². The zero-order valence-corrected chi connectivity index (χ0v) is 16.3. The average molecular weight is 385 g/mol. The van der Waals surface area contributed by atoms with E-state index in [1.54, 1.807) is 11.8 Å². The molecule has 5 nitrogen and oxygen atoms in total. The molecule has 1 atom stereocenters. The molecule has 3 rings (SSSR count). The van der Waals surface area contributed by atoms with Gasteiger partial charge in [0.2, 0.25) is 5.91 Å². The van der Waals surface area contributed by atoms with Crippen LogP contribution in [-0.4, -0.2) is 31.2 Å². The second-order valence-corrected chi connectivity index (χ2v) is 7.22. The Hall–Kier alpha value is -2.47. The summed E-state index contributed by atoms with van der Waals surface area (Å²) in [5.74, 6) is 1.25. The van der Waals surface area contributed by atoms with E-state index in [0.29, 0.717) is 24.5 Å². The number of carbonyl (C=O) groups excluding carboxylic acids is 2. The van der Waals surface area contributed by atoms with E-state index >= 15 is 0 Å². The van der Waals surface area contributed by atoms with E-state index in [4.69, 9.17) is 9.47 Å². The van der Waals surface area contributed by atoms with E-state index < -0.39 is 0 Å². The van der Waals surface area contributed by atoms with Crippen LogP contribution in [0.25, 0.3) is 0 Å². The van der Waals surface area contributed by atoms with Crippen LogP contribution in [0.2, 0.25) is 0 Å². The van der Waals surface area contributed by atoms with Gasteiger partial charge in [0.25, 0.3) is 0 Å². The van der Waals surface area contributed by atoms with Crippen LogP contribution >= 0.6 is 11.8 Å². The van der Waals surface area contributed by atoms with E-state index in [1.807, 2.05) is 55.6 Å². The second-order valence-electron chi connectivity index (χ2n) is 6.34. The molecule has 2 aromatic carbocycles.